The standard InChI is InChI=1S/C21H32N2O2/c1-13-9-16-11-20(22-15(3)25)19-7-6-17(10-14(2)24)23-8-4-5-18(16)21(19,23)12-13/h13,16-18H,4-12H2,1-3H3,(H,22,25)/t13-,16+,17+,18+,21-/m0/s1. The number of ketones is 1. The predicted octanol–water partition coefficient (Wildman–Crippen LogP) is 3.42. The minimum Gasteiger partial charge on any atom is -0.330 e. The van der Waals surface area contributed by atoms with Gasteiger partial charge in [0.05, 0.1) is 0 Å². The van der Waals surface area contributed by atoms with Gasteiger partial charge < -0.3 is 5.32 Å². The molecule has 4 heteroatoms. The van der Waals surface area contributed by atoms with Crippen LogP contribution in [0.2, 0.25) is 0 Å². The van der Waals surface area contributed by atoms with Crippen LogP contribution >= 0.6 is 0 Å². The van der Waals surface area contributed by atoms with E-state index in [9.17, 15) is 9.59 Å². The lowest BCUT2D eigenvalue weighted by atomic mass is 9.51. The molecule has 1 spiro atoms. The summed E-state index contributed by atoms with van der Waals surface area (Å²) in [4.78, 5) is 26.4. The lowest BCUT2D eigenvalue weighted by molar-refractivity contribution is -0.125. The first-order valence-electron chi connectivity index (χ1n) is 10.2. The lowest BCUT2D eigenvalue weighted by Crippen LogP contribution is -2.69. The molecule has 4 aliphatic rings. The van der Waals surface area contributed by atoms with E-state index >= 15 is 0 Å². The summed E-state index contributed by atoms with van der Waals surface area (Å²) in [6, 6.07) is 0.395. The van der Waals surface area contributed by atoms with Crippen LogP contribution in [0.4, 0.5) is 0 Å². The second-order valence-electron chi connectivity index (χ2n) is 9.11. The maximum Gasteiger partial charge on any atom is 0.220 e. The first kappa shape index (κ1) is 17.3. The fourth-order valence-electron chi connectivity index (χ4n) is 6.94. The third kappa shape index (κ3) is 2.68. The number of Topliss-reactive ketones (excluding diaryl/α,β-unsaturated/α-hetero) is 1. The zero-order chi connectivity index (χ0) is 17.8. The van der Waals surface area contributed by atoms with E-state index in [1.54, 1.807) is 13.8 Å². The van der Waals surface area contributed by atoms with Gasteiger partial charge in [0.1, 0.15) is 5.78 Å². The van der Waals surface area contributed by atoms with Crippen LogP contribution in [0.25, 0.3) is 0 Å². The summed E-state index contributed by atoms with van der Waals surface area (Å²) in [7, 11) is 0. The summed E-state index contributed by atoms with van der Waals surface area (Å²) in [5.74, 6) is 2.52. The summed E-state index contributed by atoms with van der Waals surface area (Å²) >= 11 is 0. The topological polar surface area (TPSA) is 49.4 Å². The van der Waals surface area contributed by atoms with E-state index in [4.69, 9.17) is 0 Å². The quantitative estimate of drug-likeness (QED) is 0.853. The highest BCUT2D eigenvalue weighted by molar-refractivity contribution is 5.76. The van der Waals surface area contributed by atoms with Gasteiger partial charge in [-0.3, -0.25) is 14.5 Å². The molecule has 25 heavy (non-hydrogen) atoms. The number of carbonyl (C=O) groups excluding carboxylic acids is 2. The summed E-state index contributed by atoms with van der Waals surface area (Å²) in [6.45, 7) is 6.89. The van der Waals surface area contributed by atoms with Gasteiger partial charge in [0, 0.05) is 30.6 Å². The molecule has 2 aliphatic carbocycles. The Kier molecular flexibility index (Phi) is 4.30. The largest absolute Gasteiger partial charge is 0.330 e. The normalized spacial score (nSPS) is 40.4. The van der Waals surface area contributed by atoms with Gasteiger partial charge >= 0.3 is 0 Å². The first-order valence-corrected chi connectivity index (χ1v) is 10.2. The highest BCUT2D eigenvalue weighted by Gasteiger charge is 2.60. The van der Waals surface area contributed by atoms with Crippen molar-refractivity contribution >= 4 is 11.7 Å². The van der Waals surface area contributed by atoms with Gasteiger partial charge in [0.2, 0.25) is 5.91 Å². The highest BCUT2D eigenvalue weighted by atomic mass is 16.1. The van der Waals surface area contributed by atoms with Gasteiger partial charge in [-0.25, -0.2) is 0 Å². The number of piperidine rings is 2. The highest BCUT2D eigenvalue weighted by Crippen LogP contribution is 2.60. The molecule has 2 heterocycles. The Labute approximate surface area is 151 Å². The van der Waals surface area contributed by atoms with Crippen LogP contribution in [0.15, 0.2) is 11.3 Å². The number of nitrogens with zero attached hydrogens (tertiary/aromatic N) is 1. The Morgan fingerprint density at radius 3 is 2.80 bits per heavy atom. The molecule has 5 atom stereocenters. The lowest BCUT2D eigenvalue weighted by Gasteiger charge is -2.66. The van der Waals surface area contributed by atoms with Crippen molar-refractivity contribution in [3.05, 3.63) is 11.3 Å². The number of amides is 1. The molecule has 4 nitrogen and oxygen atoms in total. The van der Waals surface area contributed by atoms with Crippen molar-refractivity contribution in [3.8, 4) is 0 Å². The molecule has 1 N–H and O–H groups in total. The summed E-state index contributed by atoms with van der Waals surface area (Å²) in [6.07, 6.45) is 8.93. The van der Waals surface area contributed by atoms with Crippen LogP contribution in [0.5, 0.6) is 0 Å². The monoisotopic (exact) mass is 344 g/mol. The number of allylic oxidation sites excluding steroid dienone is 1. The van der Waals surface area contributed by atoms with Crippen molar-refractivity contribution in [3.63, 3.8) is 0 Å². The zero-order valence-corrected chi connectivity index (χ0v) is 15.9. The minimum absolute atomic E-state index is 0.0664. The molecular weight excluding hydrogens is 312 g/mol. The zero-order valence-electron chi connectivity index (χ0n) is 15.9. The van der Waals surface area contributed by atoms with E-state index in [-0.39, 0.29) is 11.4 Å². The first-order chi connectivity index (χ1) is 11.9. The van der Waals surface area contributed by atoms with E-state index < -0.39 is 0 Å². The smallest absolute Gasteiger partial charge is 0.220 e. The molecule has 138 valence electrons. The van der Waals surface area contributed by atoms with Crippen LogP contribution in [-0.2, 0) is 9.59 Å². The molecule has 0 aromatic heterocycles. The van der Waals surface area contributed by atoms with Crippen LogP contribution < -0.4 is 5.32 Å². The number of rotatable bonds is 3. The molecule has 3 fully saturated rings. The molecule has 0 radical (unpaired) electrons. The summed E-state index contributed by atoms with van der Waals surface area (Å²) < 4.78 is 0. The Morgan fingerprint density at radius 2 is 2.08 bits per heavy atom. The van der Waals surface area contributed by atoms with Gasteiger partial charge in [0.25, 0.3) is 0 Å². The summed E-state index contributed by atoms with van der Waals surface area (Å²) in [5, 5.41) is 3.21. The Bertz CT molecular complexity index is 625. The molecule has 2 aliphatic heterocycles. The number of hydrogen-bond donors (Lipinski definition) is 1. The molecule has 0 aromatic rings. The van der Waals surface area contributed by atoms with E-state index in [0.29, 0.717) is 24.2 Å². The third-order valence-electron chi connectivity index (χ3n) is 7.35. The fourth-order valence-corrected chi connectivity index (χ4v) is 6.94. The van der Waals surface area contributed by atoms with Crippen LogP contribution in [0, 0.1) is 17.8 Å². The number of carbonyl (C=O) groups is 2. The number of nitrogens with one attached hydrogen (secondary N) is 1. The van der Waals surface area contributed by atoms with Gasteiger partial charge in [0.15, 0.2) is 0 Å². The average molecular weight is 344 g/mol. The van der Waals surface area contributed by atoms with Crippen molar-refractivity contribution in [2.24, 2.45) is 17.8 Å². The molecule has 1 saturated carbocycles. The SMILES string of the molecule is CC(=O)C[C@H]1CCC2=C(NC(C)=O)C[C@H]3C[C@H](C)C[C@]24[C@@H]3CCCN14. The fraction of sp³-hybridized carbons (Fsp3) is 0.810. The molecule has 1 amide bonds. The predicted molar refractivity (Wildman–Crippen MR) is 97.8 cm³/mol. The molecule has 2 saturated heterocycles. The number of hydrogen-bond acceptors (Lipinski definition) is 3. The second-order valence-corrected chi connectivity index (χ2v) is 9.11. The van der Waals surface area contributed by atoms with Crippen LogP contribution in [-0.4, -0.2) is 34.7 Å². The van der Waals surface area contributed by atoms with Gasteiger partial charge in [-0.1, -0.05) is 6.92 Å². The van der Waals surface area contributed by atoms with Crippen molar-refractivity contribution in [2.75, 3.05) is 6.54 Å². The Hall–Kier alpha value is -1.16. The van der Waals surface area contributed by atoms with Crippen molar-refractivity contribution < 1.29 is 9.59 Å². The van der Waals surface area contributed by atoms with E-state index in [0.717, 1.165) is 37.6 Å². The molecular formula is C21H32N2O2. The molecule has 0 aromatic carbocycles. The van der Waals surface area contributed by atoms with Crippen molar-refractivity contribution in [1.82, 2.24) is 10.2 Å². The molecule has 4 rings (SSSR count). The van der Waals surface area contributed by atoms with Gasteiger partial charge in [-0.2, -0.15) is 0 Å². The second kappa shape index (κ2) is 6.22. The maximum absolute atomic E-state index is 11.9. The van der Waals surface area contributed by atoms with Crippen LogP contribution in [0.3, 0.4) is 0 Å². The Morgan fingerprint density at radius 1 is 1.28 bits per heavy atom. The Balaban J connectivity index is 1.81. The average Bonchev–Trinajstić information content (AvgIpc) is 2.50. The van der Waals surface area contributed by atoms with Gasteiger partial charge in [-0.15, -0.1) is 0 Å². The van der Waals surface area contributed by atoms with E-state index in [2.05, 4.69) is 17.1 Å². The van der Waals surface area contributed by atoms with Crippen molar-refractivity contribution in [1.29, 1.82) is 0 Å². The van der Waals surface area contributed by atoms with E-state index in [1.165, 1.54) is 37.0 Å². The van der Waals surface area contributed by atoms with Crippen molar-refractivity contribution in [2.45, 2.75) is 83.7 Å². The maximum atomic E-state index is 11.9. The van der Waals surface area contributed by atoms with Gasteiger partial charge in [-0.05, 0) is 81.7 Å². The molecule has 0 unspecified atom stereocenters. The summed E-state index contributed by atoms with van der Waals surface area (Å²) in [5.41, 5.74) is 2.87. The third-order valence-corrected chi connectivity index (χ3v) is 7.35. The molecule has 2 bridgehead atoms. The van der Waals surface area contributed by atoms with E-state index in [1.807, 2.05) is 0 Å². The van der Waals surface area contributed by atoms with Crippen LogP contribution in [0.1, 0.15) is 72.1 Å². The minimum atomic E-state index is 0.0664.